The van der Waals surface area contributed by atoms with E-state index >= 15 is 0 Å². The van der Waals surface area contributed by atoms with Crippen molar-refractivity contribution < 1.29 is 4.74 Å². The van der Waals surface area contributed by atoms with E-state index in [0.29, 0.717) is 12.1 Å². The Bertz CT molecular complexity index is 160. The van der Waals surface area contributed by atoms with Crippen LogP contribution < -0.4 is 5.32 Å². The molecule has 1 aliphatic heterocycles. The minimum Gasteiger partial charge on any atom is -0.377 e. The van der Waals surface area contributed by atoms with Gasteiger partial charge in [-0.1, -0.05) is 20.3 Å². The van der Waals surface area contributed by atoms with Crippen LogP contribution in [0.4, 0.5) is 0 Å². The molecule has 3 atom stereocenters. The number of rotatable bonds is 7. The summed E-state index contributed by atoms with van der Waals surface area (Å²) in [5.74, 6) is 1.24. The number of hydrogen-bond donors (Lipinski definition) is 1. The predicted octanol–water partition coefficient (Wildman–Crippen LogP) is 2.68. The highest BCUT2D eigenvalue weighted by atomic mass is 32.2. The van der Waals surface area contributed by atoms with Gasteiger partial charge in [-0.25, -0.2) is 0 Å². The molecule has 0 amide bonds. The van der Waals surface area contributed by atoms with Crippen molar-refractivity contribution in [3.8, 4) is 0 Å². The minimum absolute atomic E-state index is 0.457. The van der Waals surface area contributed by atoms with Crippen LogP contribution in [0.1, 0.15) is 40.0 Å². The fourth-order valence-corrected chi connectivity index (χ4v) is 3.43. The summed E-state index contributed by atoms with van der Waals surface area (Å²) >= 11 is 2.09. The fraction of sp³-hybridized carbons (Fsp3) is 1.00. The van der Waals surface area contributed by atoms with Gasteiger partial charge >= 0.3 is 0 Å². The van der Waals surface area contributed by atoms with Crippen molar-refractivity contribution >= 4 is 11.8 Å². The van der Waals surface area contributed by atoms with E-state index in [0.717, 1.165) is 18.4 Å². The van der Waals surface area contributed by atoms with Crippen LogP contribution in [0, 0.1) is 0 Å². The van der Waals surface area contributed by atoms with E-state index < -0.39 is 0 Å². The molecule has 1 fully saturated rings. The maximum absolute atomic E-state index is 5.58. The van der Waals surface area contributed by atoms with Crippen molar-refractivity contribution in [2.45, 2.75) is 57.4 Å². The van der Waals surface area contributed by atoms with Crippen LogP contribution in [-0.2, 0) is 4.74 Å². The molecule has 1 saturated heterocycles. The van der Waals surface area contributed by atoms with Crippen molar-refractivity contribution in [2.24, 2.45) is 0 Å². The van der Waals surface area contributed by atoms with Gasteiger partial charge in [0.15, 0.2) is 0 Å². The molecule has 0 aromatic carbocycles. The Morgan fingerprint density at radius 2 is 2.27 bits per heavy atom. The largest absolute Gasteiger partial charge is 0.377 e. The van der Waals surface area contributed by atoms with E-state index in [-0.39, 0.29) is 0 Å². The molecule has 0 saturated carbocycles. The summed E-state index contributed by atoms with van der Waals surface area (Å²) in [6.45, 7) is 8.69. The van der Waals surface area contributed by atoms with Gasteiger partial charge in [-0.3, -0.25) is 0 Å². The lowest BCUT2D eigenvalue weighted by Gasteiger charge is -2.20. The van der Waals surface area contributed by atoms with Crippen LogP contribution >= 0.6 is 11.8 Å². The Hall–Kier alpha value is 0.270. The Kier molecular flexibility index (Phi) is 6.69. The van der Waals surface area contributed by atoms with Gasteiger partial charge in [-0.2, -0.15) is 11.8 Å². The Labute approximate surface area is 98.5 Å². The maximum atomic E-state index is 5.58. The van der Waals surface area contributed by atoms with E-state index in [1.807, 2.05) is 0 Å². The predicted molar refractivity (Wildman–Crippen MR) is 68.6 cm³/mol. The average molecular weight is 231 g/mol. The van der Waals surface area contributed by atoms with Crippen molar-refractivity contribution in [2.75, 3.05) is 18.9 Å². The van der Waals surface area contributed by atoms with Gasteiger partial charge in [0, 0.05) is 23.7 Å². The third-order valence-electron chi connectivity index (χ3n) is 2.95. The molecule has 0 bridgehead atoms. The highest BCUT2D eigenvalue weighted by Crippen LogP contribution is 2.27. The molecule has 3 unspecified atom stereocenters. The summed E-state index contributed by atoms with van der Waals surface area (Å²) in [4.78, 5) is 0. The Morgan fingerprint density at radius 3 is 2.80 bits per heavy atom. The van der Waals surface area contributed by atoms with E-state index in [4.69, 9.17) is 4.74 Å². The molecule has 0 aromatic heterocycles. The van der Waals surface area contributed by atoms with Gasteiger partial charge in [0.05, 0.1) is 6.10 Å². The summed E-state index contributed by atoms with van der Waals surface area (Å²) in [7, 11) is 0. The summed E-state index contributed by atoms with van der Waals surface area (Å²) in [5, 5.41) is 4.29. The zero-order valence-electron chi connectivity index (χ0n) is 10.3. The molecule has 15 heavy (non-hydrogen) atoms. The number of nitrogens with one attached hydrogen (secondary N) is 1. The van der Waals surface area contributed by atoms with Gasteiger partial charge < -0.3 is 10.1 Å². The van der Waals surface area contributed by atoms with Crippen LogP contribution in [0.2, 0.25) is 0 Å². The molecule has 2 nitrogen and oxygen atoms in total. The van der Waals surface area contributed by atoms with Gasteiger partial charge in [0.2, 0.25) is 0 Å². The number of thioether (sulfide) groups is 1. The van der Waals surface area contributed by atoms with E-state index in [1.165, 1.54) is 25.0 Å². The Morgan fingerprint density at radius 1 is 1.47 bits per heavy atom. The van der Waals surface area contributed by atoms with Crippen LogP contribution in [0.5, 0.6) is 0 Å². The summed E-state index contributed by atoms with van der Waals surface area (Å²) in [6.07, 6.45) is 4.26. The second-order valence-corrected chi connectivity index (χ2v) is 5.55. The zero-order chi connectivity index (χ0) is 11.1. The van der Waals surface area contributed by atoms with Gasteiger partial charge in [0.25, 0.3) is 0 Å². The molecule has 0 radical (unpaired) electrons. The molecule has 1 rings (SSSR count). The van der Waals surface area contributed by atoms with E-state index in [9.17, 15) is 0 Å². The first kappa shape index (κ1) is 13.3. The van der Waals surface area contributed by atoms with Gasteiger partial charge in [0.1, 0.15) is 0 Å². The lowest BCUT2D eigenvalue weighted by molar-refractivity contribution is 0.127. The van der Waals surface area contributed by atoms with Crippen molar-refractivity contribution in [1.82, 2.24) is 5.32 Å². The second kappa shape index (κ2) is 7.53. The number of ether oxygens (including phenoxy) is 1. The molecular weight excluding hydrogens is 206 g/mol. The molecule has 1 N–H and O–H groups in total. The zero-order valence-corrected chi connectivity index (χ0v) is 11.1. The molecule has 1 heterocycles. The molecule has 3 heteroatoms. The van der Waals surface area contributed by atoms with Gasteiger partial charge in [-0.15, -0.1) is 0 Å². The molecule has 90 valence electrons. The molecule has 1 aliphatic rings. The molecule has 0 aromatic rings. The molecule has 0 aliphatic carbocycles. The highest BCUT2D eigenvalue weighted by molar-refractivity contribution is 8.00. The van der Waals surface area contributed by atoms with Crippen LogP contribution in [-0.4, -0.2) is 36.3 Å². The molecular formula is C12H25NOS. The average Bonchev–Trinajstić information content (AvgIpc) is 2.61. The lowest BCUT2D eigenvalue weighted by Crippen LogP contribution is -2.32. The summed E-state index contributed by atoms with van der Waals surface area (Å²) < 4.78 is 5.58. The van der Waals surface area contributed by atoms with Crippen LogP contribution in [0.25, 0.3) is 0 Å². The summed E-state index contributed by atoms with van der Waals surface area (Å²) in [6, 6.07) is 0.692. The third-order valence-corrected chi connectivity index (χ3v) is 4.59. The first-order chi connectivity index (χ1) is 7.27. The topological polar surface area (TPSA) is 21.3 Å². The third kappa shape index (κ3) is 4.75. The first-order valence-corrected chi connectivity index (χ1v) is 7.29. The smallest absolute Gasteiger partial charge is 0.0666 e. The van der Waals surface area contributed by atoms with E-state index in [1.54, 1.807) is 0 Å². The van der Waals surface area contributed by atoms with Crippen molar-refractivity contribution in [1.29, 1.82) is 0 Å². The van der Waals surface area contributed by atoms with Crippen LogP contribution in [0.3, 0.4) is 0 Å². The lowest BCUT2D eigenvalue weighted by atomic mass is 10.2. The second-order valence-electron chi connectivity index (χ2n) is 4.28. The standard InChI is InChI=1S/C12H25NOS/c1-4-6-11(13-5-2)9-15-12-7-8-14-10(12)3/h10-13H,4-9H2,1-3H3. The monoisotopic (exact) mass is 231 g/mol. The van der Waals surface area contributed by atoms with Gasteiger partial charge in [-0.05, 0) is 26.3 Å². The maximum Gasteiger partial charge on any atom is 0.0666 e. The highest BCUT2D eigenvalue weighted by Gasteiger charge is 2.25. The molecule has 0 spiro atoms. The van der Waals surface area contributed by atoms with Crippen LogP contribution in [0.15, 0.2) is 0 Å². The normalized spacial score (nSPS) is 28.2. The quantitative estimate of drug-likeness (QED) is 0.728. The first-order valence-electron chi connectivity index (χ1n) is 6.24. The Balaban J connectivity index is 2.19. The minimum atomic E-state index is 0.457. The van der Waals surface area contributed by atoms with E-state index in [2.05, 4.69) is 37.8 Å². The van der Waals surface area contributed by atoms with Crippen molar-refractivity contribution in [3.05, 3.63) is 0 Å². The van der Waals surface area contributed by atoms with Crippen molar-refractivity contribution in [3.63, 3.8) is 0 Å². The SMILES string of the molecule is CCCC(CSC1CCOC1C)NCC. The number of hydrogen-bond acceptors (Lipinski definition) is 3. The fourth-order valence-electron chi connectivity index (χ4n) is 2.05. The summed E-state index contributed by atoms with van der Waals surface area (Å²) in [5.41, 5.74) is 0.